The number of aromatic nitrogens is 2. The Kier molecular flexibility index (Phi) is 5.95. The van der Waals surface area contributed by atoms with Crippen LogP contribution in [0.4, 0.5) is 0 Å². The maximum atomic E-state index is 11.9. The maximum absolute atomic E-state index is 11.9. The molecule has 1 aromatic heterocycles. The van der Waals surface area contributed by atoms with Gasteiger partial charge in [-0.3, -0.25) is 9.48 Å². The number of carbonyl (C=O) groups is 1. The van der Waals surface area contributed by atoms with E-state index in [2.05, 4.69) is 24.3 Å². The molecule has 2 N–H and O–H groups in total. The van der Waals surface area contributed by atoms with E-state index in [0.29, 0.717) is 5.92 Å². The molecule has 1 rings (SSSR count). The number of carbonyl (C=O) groups excluding carboxylic acids is 1. The van der Waals surface area contributed by atoms with Crippen LogP contribution < -0.4 is 5.32 Å². The first-order chi connectivity index (χ1) is 9.35. The molecule has 5 nitrogen and oxygen atoms in total. The number of hydrogen-bond donors (Lipinski definition) is 2. The average Bonchev–Trinajstić information content (AvgIpc) is 2.60. The second-order valence-electron chi connectivity index (χ2n) is 5.56. The van der Waals surface area contributed by atoms with Crippen LogP contribution in [-0.4, -0.2) is 33.4 Å². The Morgan fingerprint density at radius 1 is 1.45 bits per heavy atom. The van der Waals surface area contributed by atoms with Gasteiger partial charge < -0.3 is 10.4 Å². The van der Waals surface area contributed by atoms with Gasteiger partial charge in [0.2, 0.25) is 5.91 Å². The third-order valence-corrected chi connectivity index (χ3v) is 3.29. The minimum absolute atomic E-state index is 0.0390. The van der Waals surface area contributed by atoms with Gasteiger partial charge in [0.15, 0.2) is 0 Å². The van der Waals surface area contributed by atoms with Gasteiger partial charge in [0, 0.05) is 24.4 Å². The van der Waals surface area contributed by atoms with Crippen molar-refractivity contribution < 1.29 is 9.90 Å². The molecule has 1 atom stereocenters. The Labute approximate surface area is 120 Å². The summed E-state index contributed by atoms with van der Waals surface area (Å²) in [6, 6.07) is -0.191. The van der Waals surface area contributed by atoms with Gasteiger partial charge in [-0.25, -0.2) is 0 Å². The zero-order chi connectivity index (χ0) is 15.3. The van der Waals surface area contributed by atoms with E-state index in [9.17, 15) is 9.90 Å². The molecular weight excluding hydrogens is 254 g/mol. The Balaban J connectivity index is 2.67. The smallest absolute Gasteiger partial charge is 0.244 e. The summed E-state index contributed by atoms with van der Waals surface area (Å²) in [5.74, 6) is 0.242. The van der Waals surface area contributed by atoms with Gasteiger partial charge in [0.25, 0.3) is 0 Å². The molecule has 0 aromatic carbocycles. The zero-order valence-electron chi connectivity index (χ0n) is 13.0. The normalized spacial score (nSPS) is 13.2. The summed E-state index contributed by atoms with van der Waals surface area (Å²) in [4.78, 5) is 11.9. The van der Waals surface area contributed by atoms with Crippen molar-refractivity contribution in [2.45, 2.75) is 40.2 Å². The fourth-order valence-electron chi connectivity index (χ4n) is 2.19. The number of nitrogens with zero attached hydrogens (tertiary/aromatic N) is 2. The van der Waals surface area contributed by atoms with E-state index in [1.807, 2.05) is 20.9 Å². The van der Waals surface area contributed by atoms with Crippen LogP contribution in [0.3, 0.4) is 0 Å². The zero-order valence-corrected chi connectivity index (χ0v) is 13.0. The van der Waals surface area contributed by atoms with Crippen molar-refractivity contribution in [3.63, 3.8) is 0 Å². The highest BCUT2D eigenvalue weighted by Crippen LogP contribution is 2.13. The van der Waals surface area contributed by atoms with E-state index in [-0.39, 0.29) is 18.6 Å². The molecule has 1 aromatic rings. The number of nitrogens with one attached hydrogen (secondary N) is 1. The molecule has 0 saturated heterocycles. The van der Waals surface area contributed by atoms with Gasteiger partial charge in [-0.1, -0.05) is 13.8 Å². The number of amides is 1. The van der Waals surface area contributed by atoms with Crippen LogP contribution in [0.2, 0.25) is 0 Å². The van der Waals surface area contributed by atoms with Gasteiger partial charge in [-0.05, 0) is 32.3 Å². The van der Waals surface area contributed by atoms with Crippen LogP contribution in [0.25, 0.3) is 6.08 Å². The summed E-state index contributed by atoms with van der Waals surface area (Å²) in [7, 11) is 1.88. The predicted molar refractivity (Wildman–Crippen MR) is 80.2 cm³/mol. The van der Waals surface area contributed by atoms with Gasteiger partial charge in [0.1, 0.15) is 0 Å². The highest BCUT2D eigenvalue weighted by Gasteiger charge is 2.12. The standard InChI is InChI=1S/C15H25N3O2/c1-10(2)8-13(9-19)16-15(20)7-6-14-11(3)17-18(5)12(14)4/h6-7,10,13,19H,8-9H2,1-5H3,(H,16,20). The lowest BCUT2D eigenvalue weighted by atomic mass is 10.0. The Morgan fingerprint density at radius 3 is 2.55 bits per heavy atom. The van der Waals surface area contributed by atoms with Gasteiger partial charge in [-0.15, -0.1) is 0 Å². The van der Waals surface area contributed by atoms with Crippen LogP contribution in [0, 0.1) is 19.8 Å². The molecule has 0 fully saturated rings. The molecule has 1 unspecified atom stereocenters. The van der Waals surface area contributed by atoms with E-state index in [4.69, 9.17) is 0 Å². The number of hydrogen-bond acceptors (Lipinski definition) is 3. The summed E-state index contributed by atoms with van der Waals surface area (Å²) in [5.41, 5.74) is 2.88. The van der Waals surface area contributed by atoms with E-state index < -0.39 is 0 Å². The average molecular weight is 279 g/mol. The molecule has 5 heteroatoms. The van der Waals surface area contributed by atoms with Crippen LogP contribution in [-0.2, 0) is 11.8 Å². The molecule has 0 radical (unpaired) electrons. The topological polar surface area (TPSA) is 67.2 Å². The van der Waals surface area contributed by atoms with Crippen LogP contribution in [0.5, 0.6) is 0 Å². The Bertz CT molecular complexity index is 490. The molecule has 20 heavy (non-hydrogen) atoms. The minimum Gasteiger partial charge on any atom is -0.394 e. The van der Waals surface area contributed by atoms with Crippen molar-refractivity contribution in [2.75, 3.05) is 6.61 Å². The predicted octanol–water partition coefficient (Wildman–Crippen LogP) is 1.57. The third-order valence-electron chi connectivity index (χ3n) is 3.29. The fourth-order valence-corrected chi connectivity index (χ4v) is 2.19. The monoisotopic (exact) mass is 279 g/mol. The van der Waals surface area contributed by atoms with Crippen LogP contribution in [0.15, 0.2) is 6.08 Å². The summed E-state index contributed by atoms with van der Waals surface area (Å²) in [6.45, 7) is 7.97. The number of rotatable bonds is 6. The molecule has 0 spiro atoms. The Morgan fingerprint density at radius 2 is 2.10 bits per heavy atom. The molecule has 0 aliphatic carbocycles. The molecule has 1 heterocycles. The van der Waals surface area contributed by atoms with E-state index in [0.717, 1.165) is 23.4 Å². The van der Waals surface area contributed by atoms with Crippen molar-refractivity contribution in [3.8, 4) is 0 Å². The lowest BCUT2D eigenvalue weighted by Gasteiger charge is -2.17. The molecule has 0 aliphatic rings. The summed E-state index contributed by atoms with van der Waals surface area (Å²) in [5, 5.41) is 16.4. The highest BCUT2D eigenvalue weighted by atomic mass is 16.3. The second-order valence-corrected chi connectivity index (χ2v) is 5.56. The molecular formula is C15H25N3O2. The molecule has 0 aliphatic heterocycles. The van der Waals surface area contributed by atoms with E-state index in [1.165, 1.54) is 6.08 Å². The molecule has 0 bridgehead atoms. The number of aryl methyl sites for hydroxylation is 2. The SMILES string of the molecule is Cc1nn(C)c(C)c1C=CC(=O)NC(CO)CC(C)C. The molecule has 1 amide bonds. The fraction of sp³-hybridized carbons (Fsp3) is 0.600. The minimum atomic E-state index is -0.191. The first-order valence-electron chi connectivity index (χ1n) is 6.94. The van der Waals surface area contributed by atoms with Gasteiger partial charge in [-0.2, -0.15) is 5.10 Å². The van der Waals surface area contributed by atoms with Crippen molar-refractivity contribution in [1.29, 1.82) is 0 Å². The molecule has 112 valence electrons. The first-order valence-corrected chi connectivity index (χ1v) is 6.94. The second kappa shape index (κ2) is 7.24. The summed E-state index contributed by atoms with van der Waals surface area (Å²) in [6.07, 6.45) is 4.04. The quantitative estimate of drug-likeness (QED) is 0.777. The first kappa shape index (κ1) is 16.4. The van der Waals surface area contributed by atoms with Gasteiger partial charge in [0.05, 0.1) is 18.3 Å². The van der Waals surface area contributed by atoms with E-state index >= 15 is 0 Å². The third kappa shape index (κ3) is 4.49. The van der Waals surface area contributed by atoms with E-state index in [1.54, 1.807) is 10.8 Å². The Hall–Kier alpha value is -1.62. The number of aliphatic hydroxyl groups is 1. The summed E-state index contributed by atoms with van der Waals surface area (Å²) < 4.78 is 1.79. The maximum Gasteiger partial charge on any atom is 0.244 e. The van der Waals surface area contributed by atoms with Crippen LogP contribution in [0.1, 0.15) is 37.2 Å². The highest BCUT2D eigenvalue weighted by molar-refractivity contribution is 5.92. The number of aliphatic hydroxyl groups excluding tert-OH is 1. The van der Waals surface area contributed by atoms with Crippen molar-refractivity contribution in [1.82, 2.24) is 15.1 Å². The lowest BCUT2D eigenvalue weighted by molar-refractivity contribution is -0.117. The van der Waals surface area contributed by atoms with Crippen LogP contribution >= 0.6 is 0 Å². The van der Waals surface area contributed by atoms with Crippen molar-refractivity contribution >= 4 is 12.0 Å². The molecule has 0 saturated carbocycles. The van der Waals surface area contributed by atoms with Crippen molar-refractivity contribution in [3.05, 3.63) is 23.0 Å². The largest absolute Gasteiger partial charge is 0.394 e. The van der Waals surface area contributed by atoms with Gasteiger partial charge >= 0.3 is 0 Å². The summed E-state index contributed by atoms with van der Waals surface area (Å²) >= 11 is 0. The van der Waals surface area contributed by atoms with Crippen molar-refractivity contribution in [2.24, 2.45) is 13.0 Å². The lowest BCUT2D eigenvalue weighted by Crippen LogP contribution is -2.37.